The molecule has 1 rings (SSSR count). The van der Waals surface area contributed by atoms with Crippen LogP contribution in [0.1, 0.15) is 57.6 Å². The largest absolute Gasteiger partial charge is 0.491 e. The van der Waals surface area contributed by atoms with Gasteiger partial charge in [-0.15, -0.1) is 0 Å². The minimum Gasteiger partial charge on any atom is -0.491 e. The summed E-state index contributed by atoms with van der Waals surface area (Å²) in [4.78, 5) is 11.2. The third-order valence-electron chi connectivity index (χ3n) is 4.18. The van der Waals surface area contributed by atoms with E-state index in [0.717, 1.165) is 18.6 Å². The van der Waals surface area contributed by atoms with E-state index in [4.69, 9.17) is 9.84 Å². The Hall–Kier alpha value is -1.55. The van der Waals surface area contributed by atoms with E-state index in [0.29, 0.717) is 12.8 Å². The fourth-order valence-electron chi connectivity index (χ4n) is 2.92. The molecule has 0 aliphatic carbocycles. The van der Waals surface area contributed by atoms with E-state index < -0.39 is 18.0 Å². The minimum absolute atomic E-state index is 0.159. The lowest BCUT2D eigenvalue weighted by atomic mass is 9.94. The molecule has 1 aromatic rings. The summed E-state index contributed by atoms with van der Waals surface area (Å²) in [6, 6.07) is 6.03. The molecule has 0 fully saturated rings. The first-order chi connectivity index (χ1) is 10.9. The maximum atomic E-state index is 11.2. The Morgan fingerprint density at radius 1 is 1.26 bits per heavy atom. The number of rotatable bonds is 10. The Morgan fingerprint density at radius 3 is 2.48 bits per heavy atom. The SMILES string of the molecule is CCCC(CC(O)CC(C)Oc1ccc(CC)c(C)c1)C(=O)O. The fourth-order valence-corrected chi connectivity index (χ4v) is 2.92. The first-order valence-electron chi connectivity index (χ1n) is 8.54. The molecule has 130 valence electrons. The number of carboxylic acid groups (broad SMARTS) is 1. The Morgan fingerprint density at radius 2 is 1.96 bits per heavy atom. The highest BCUT2D eigenvalue weighted by atomic mass is 16.5. The van der Waals surface area contributed by atoms with Gasteiger partial charge < -0.3 is 14.9 Å². The van der Waals surface area contributed by atoms with Crippen LogP contribution in [-0.4, -0.2) is 28.4 Å². The zero-order valence-electron chi connectivity index (χ0n) is 14.7. The maximum absolute atomic E-state index is 11.2. The fraction of sp³-hybridized carbons (Fsp3) is 0.632. The van der Waals surface area contributed by atoms with E-state index in [1.54, 1.807) is 0 Å². The third kappa shape index (κ3) is 6.61. The number of hydrogen-bond acceptors (Lipinski definition) is 3. The summed E-state index contributed by atoms with van der Waals surface area (Å²) in [5.41, 5.74) is 2.50. The second-order valence-electron chi connectivity index (χ2n) is 6.32. The van der Waals surface area contributed by atoms with E-state index in [2.05, 4.69) is 19.9 Å². The molecule has 0 radical (unpaired) electrons. The van der Waals surface area contributed by atoms with Crippen molar-refractivity contribution >= 4 is 5.97 Å². The van der Waals surface area contributed by atoms with Crippen LogP contribution in [-0.2, 0) is 11.2 Å². The predicted octanol–water partition coefficient (Wildman–Crippen LogP) is 3.97. The van der Waals surface area contributed by atoms with Gasteiger partial charge in [0, 0.05) is 6.42 Å². The number of hydrogen-bond donors (Lipinski definition) is 2. The number of aliphatic hydroxyl groups excluding tert-OH is 1. The van der Waals surface area contributed by atoms with Crippen LogP contribution in [0.3, 0.4) is 0 Å². The van der Waals surface area contributed by atoms with Gasteiger partial charge in [-0.05, 0) is 56.4 Å². The number of ether oxygens (including phenoxy) is 1. The lowest BCUT2D eigenvalue weighted by Gasteiger charge is -2.21. The smallest absolute Gasteiger partial charge is 0.306 e. The van der Waals surface area contributed by atoms with Gasteiger partial charge in [0.1, 0.15) is 5.75 Å². The Bertz CT molecular complexity index is 498. The molecule has 0 aliphatic heterocycles. The van der Waals surface area contributed by atoms with E-state index in [9.17, 15) is 9.90 Å². The van der Waals surface area contributed by atoms with Crippen LogP contribution in [0.2, 0.25) is 0 Å². The lowest BCUT2D eigenvalue weighted by molar-refractivity contribution is -0.143. The molecule has 0 amide bonds. The second kappa shape index (κ2) is 9.56. The Balaban J connectivity index is 2.53. The van der Waals surface area contributed by atoms with Crippen molar-refractivity contribution in [3.8, 4) is 5.75 Å². The number of aliphatic hydroxyl groups is 1. The first-order valence-corrected chi connectivity index (χ1v) is 8.54. The normalized spacial score (nSPS) is 15.0. The van der Waals surface area contributed by atoms with Crippen molar-refractivity contribution in [1.82, 2.24) is 0 Å². The van der Waals surface area contributed by atoms with Crippen LogP contribution in [0.5, 0.6) is 5.75 Å². The third-order valence-corrected chi connectivity index (χ3v) is 4.18. The van der Waals surface area contributed by atoms with E-state index in [-0.39, 0.29) is 12.5 Å². The van der Waals surface area contributed by atoms with Crippen molar-refractivity contribution in [2.45, 2.75) is 72.0 Å². The molecule has 0 spiro atoms. The van der Waals surface area contributed by atoms with Gasteiger partial charge in [-0.25, -0.2) is 0 Å². The summed E-state index contributed by atoms with van der Waals surface area (Å²) in [5.74, 6) is -0.513. The molecule has 0 aromatic heterocycles. The monoisotopic (exact) mass is 322 g/mol. The van der Waals surface area contributed by atoms with Gasteiger partial charge in [-0.2, -0.15) is 0 Å². The van der Waals surface area contributed by atoms with Crippen molar-refractivity contribution in [2.75, 3.05) is 0 Å². The summed E-state index contributed by atoms with van der Waals surface area (Å²) in [7, 11) is 0. The van der Waals surface area contributed by atoms with Crippen molar-refractivity contribution in [3.63, 3.8) is 0 Å². The van der Waals surface area contributed by atoms with Crippen molar-refractivity contribution in [3.05, 3.63) is 29.3 Å². The summed E-state index contributed by atoms with van der Waals surface area (Å²) < 4.78 is 5.86. The van der Waals surface area contributed by atoms with Crippen LogP contribution >= 0.6 is 0 Å². The molecule has 0 saturated heterocycles. The van der Waals surface area contributed by atoms with Gasteiger partial charge >= 0.3 is 5.97 Å². The average molecular weight is 322 g/mol. The molecule has 23 heavy (non-hydrogen) atoms. The van der Waals surface area contributed by atoms with Crippen LogP contribution in [0.15, 0.2) is 18.2 Å². The van der Waals surface area contributed by atoms with Gasteiger partial charge in [0.05, 0.1) is 18.1 Å². The molecule has 4 nitrogen and oxygen atoms in total. The van der Waals surface area contributed by atoms with Gasteiger partial charge in [-0.3, -0.25) is 4.79 Å². The van der Waals surface area contributed by atoms with Crippen molar-refractivity contribution in [2.24, 2.45) is 5.92 Å². The zero-order chi connectivity index (χ0) is 17.4. The minimum atomic E-state index is -0.828. The number of carboxylic acids is 1. The summed E-state index contributed by atoms with van der Waals surface area (Å²) in [6.45, 7) is 8.04. The Labute approximate surface area is 139 Å². The van der Waals surface area contributed by atoms with Crippen LogP contribution in [0.25, 0.3) is 0 Å². The quantitative estimate of drug-likeness (QED) is 0.684. The molecule has 0 heterocycles. The molecule has 4 heteroatoms. The van der Waals surface area contributed by atoms with Crippen LogP contribution < -0.4 is 4.74 Å². The van der Waals surface area contributed by atoms with Gasteiger partial charge in [0.25, 0.3) is 0 Å². The highest BCUT2D eigenvalue weighted by molar-refractivity contribution is 5.69. The van der Waals surface area contributed by atoms with E-state index in [1.165, 1.54) is 11.1 Å². The number of aliphatic carboxylic acids is 1. The van der Waals surface area contributed by atoms with E-state index >= 15 is 0 Å². The second-order valence-corrected chi connectivity index (χ2v) is 6.32. The molecule has 0 bridgehead atoms. The number of carbonyl (C=O) groups is 1. The van der Waals surface area contributed by atoms with Crippen LogP contribution in [0, 0.1) is 12.8 Å². The van der Waals surface area contributed by atoms with E-state index in [1.807, 2.05) is 26.0 Å². The average Bonchev–Trinajstić information content (AvgIpc) is 2.46. The summed E-state index contributed by atoms with van der Waals surface area (Å²) in [6.07, 6.45) is 2.29. The molecule has 3 unspecified atom stereocenters. The highest BCUT2D eigenvalue weighted by Crippen LogP contribution is 2.21. The molecule has 2 N–H and O–H groups in total. The van der Waals surface area contributed by atoms with Gasteiger partial charge in [0.2, 0.25) is 0 Å². The molecular weight excluding hydrogens is 292 g/mol. The molecular formula is C19H30O4. The van der Waals surface area contributed by atoms with Crippen molar-refractivity contribution < 1.29 is 19.7 Å². The standard InChI is InChI=1S/C19H30O4/c1-5-7-16(19(21)22)12-17(20)11-14(4)23-18-9-8-15(6-2)13(3)10-18/h8-10,14,16-17,20H,5-7,11-12H2,1-4H3,(H,21,22). The number of aryl methyl sites for hydroxylation is 2. The number of benzene rings is 1. The molecule has 3 atom stereocenters. The lowest BCUT2D eigenvalue weighted by Crippen LogP contribution is -2.25. The highest BCUT2D eigenvalue weighted by Gasteiger charge is 2.22. The summed E-state index contributed by atoms with van der Waals surface area (Å²) >= 11 is 0. The van der Waals surface area contributed by atoms with Gasteiger partial charge in [0.15, 0.2) is 0 Å². The Kier molecular flexibility index (Phi) is 8.10. The zero-order valence-corrected chi connectivity index (χ0v) is 14.7. The molecule has 0 aliphatic rings. The predicted molar refractivity (Wildman–Crippen MR) is 91.9 cm³/mol. The van der Waals surface area contributed by atoms with Gasteiger partial charge in [-0.1, -0.05) is 26.3 Å². The van der Waals surface area contributed by atoms with Crippen molar-refractivity contribution in [1.29, 1.82) is 0 Å². The molecule has 0 saturated carbocycles. The topological polar surface area (TPSA) is 66.8 Å². The first kappa shape index (κ1) is 19.5. The maximum Gasteiger partial charge on any atom is 0.306 e. The van der Waals surface area contributed by atoms with Crippen LogP contribution in [0.4, 0.5) is 0 Å². The molecule has 1 aromatic carbocycles. The summed E-state index contributed by atoms with van der Waals surface area (Å²) in [5, 5.41) is 19.3.